The summed E-state index contributed by atoms with van der Waals surface area (Å²) in [6, 6.07) is 10.1. The largest absolute Gasteiger partial charge is 0.490 e. The van der Waals surface area contributed by atoms with Crippen molar-refractivity contribution in [2.24, 2.45) is 5.92 Å². The maximum absolute atomic E-state index is 13.4. The molecule has 3 heterocycles. The molecule has 15 heteroatoms. The lowest BCUT2D eigenvalue weighted by atomic mass is 9.95. The number of rotatable bonds is 8. The molecule has 0 atom stereocenters. The fourth-order valence-corrected chi connectivity index (χ4v) is 6.55. The van der Waals surface area contributed by atoms with Gasteiger partial charge in [-0.25, -0.2) is 9.78 Å². The molecule has 2 N–H and O–H groups in total. The van der Waals surface area contributed by atoms with E-state index in [4.69, 9.17) is 9.90 Å². The van der Waals surface area contributed by atoms with Crippen molar-refractivity contribution in [1.29, 1.82) is 5.26 Å². The Morgan fingerprint density at radius 3 is 2.19 bits per heavy atom. The van der Waals surface area contributed by atoms with E-state index in [1.165, 1.54) is 44.5 Å². The van der Waals surface area contributed by atoms with Gasteiger partial charge in [0.05, 0.1) is 10.5 Å². The summed E-state index contributed by atoms with van der Waals surface area (Å²) in [5, 5.41) is 18.3. The van der Waals surface area contributed by atoms with Gasteiger partial charge in [0.2, 0.25) is 5.82 Å². The summed E-state index contributed by atoms with van der Waals surface area (Å²) in [5.74, 6) is -1.48. The second kappa shape index (κ2) is 17.2. The summed E-state index contributed by atoms with van der Waals surface area (Å²) >= 11 is 3.52. The Kier molecular flexibility index (Phi) is 13.4. The second-order valence-electron chi connectivity index (χ2n) is 12.4. The van der Waals surface area contributed by atoms with Crippen LogP contribution in [0.2, 0.25) is 0 Å². The number of piperidine rings is 1. The van der Waals surface area contributed by atoms with E-state index >= 15 is 0 Å². The number of carboxylic acids is 1. The first-order valence-electron chi connectivity index (χ1n) is 16.0. The monoisotopic (exact) mass is 722 g/mol. The van der Waals surface area contributed by atoms with Crippen molar-refractivity contribution in [2.75, 3.05) is 57.9 Å². The number of carbonyl (C=O) groups is 2. The van der Waals surface area contributed by atoms with Gasteiger partial charge in [-0.05, 0) is 85.4 Å². The van der Waals surface area contributed by atoms with Crippen LogP contribution in [-0.4, -0.2) is 107 Å². The van der Waals surface area contributed by atoms with Crippen LogP contribution in [0.4, 0.5) is 19.0 Å². The highest BCUT2D eigenvalue weighted by atomic mass is 79.9. The number of anilines is 1. The molecule has 1 saturated carbocycles. The number of aliphatic carboxylic acids is 1. The molecule has 1 aromatic carbocycles. The molecule has 5 rings (SSSR count). The van der Waals surface area contributed by atoms with Crippen molar-refractivity contribution in [3.05, 3.63) is 51.9 Å². The van der Waals surface area contributed by atoms with Crippen molar-refractivity contribution >= 4 is 33.6 Å². The lowest BCUT2D eigenvalue weighted by molar-refractivity contribution is -0.192. The van der Waals surface area contributed by atoms with Crippen molar-refractivity contribution in [3.8, 4) is 6.07 Å². The molecule has 3 fully saturated rings. The first-order valence-corrected chi connectivity index (χ1v) is 16.8. The number of hydrogen-bond donors (Lipinski definition) is 2. The quantitative estimate of drug-likeness (QED) is 0.371. The van der Waals surface area contributed by atoms with E-state index in [0.717, 1.165) is 64.3 Å². The Morgan fingerprint density at radius 2 is 1.62 bits per heavy atom. The molecule has 1 amide bonds. The summed E-state index contributed by atoms with van der Waals surface area (Å²) in [5.41, 5.74) is 4.93. The average molecular weight is 724 g/mol. The Bertz CT molecular complexity index is 1370. The van der Waals surface area contributed by atoms with Crippen molar-refractivity contribution < 1.29 is 27.9 Å². The number of nitriles is 1. The third-order valence-electron chi connectivity index (χ3n) is 8.90. The predicted octanol–water partition coefficient (Wildman–Crippen LogP) is 4.69. The van der Waals surface area contributed by atoms with Crippen LogP contribution in [0.25, 0.3) is 0 Å². The van der Waals surface area contributed by atoms with Crippen molar-refractivity contribution in [3.63, 3.8) is 0 Å². The van der Waals surface area contributed by atoms with Gasteiger partial charge in [-0.15, -0.1) is 0 Å². The molecule has 0 spiro atoms. The Labute approximate surface area is 281 Å². The maximum Gasteiger partial charge on any atom is 0.490 e. The number of hydrazine groups is 1. The molecular weight excluding hydrogens is 681 g/mol. The van der Waals surface area contributed by atoms with Crippen LogP contribution in [0.15, 0.2) is 34.9 Å². The molecule has 1 aromatic heterocycles. The van der Waals surface area contributed by atoms with Gasteiger partial charge < -0.3 is 14.9 Å². The minimum Gasteiger partial charge on any atom is -0.475 e. The highest BCUT2D eigenvalue weighted by Gasteiger charge is 2.38. The normalized spacial score (nSPS) is 18.9. The molecule has 0 radical (unpaired) electrons. The van der Waals surface area contributed by atoms with Crippen molar-refractivity contribution in [1.82, 2.24) is 30.1 Å². The van der Waals surface area contributed by atoms with Gasteiger partial charge in [0.1, 0.15) is 6.07 Å². The van der Waals surface area contributed by atoms with Gasteiger partial charge in [-0.1, -0.05) is 31.4 Å². The van der Waals surface area contributed by atoms with Gasteiger partial charge in [0, 0.05) is 51.0 Å². The molecule has 11 nitrogen and oxygen atoms in total. The SMILES string of the molecule is CN1CCC(CN2CCN(Cc3ccc(C(=O)NN(c4nc(C#N)ncc4Br)C4CCCCC4)cc3)CC2)CC1.O=C(O)C(F)(F)F. The van der Waals surface area contributed by atoms with Crippen molar-refractivity contribution in [2.45, 2.75) is 63.7 Å². The number of halogens is 4. The molecule has 0 unspecified atom stereocenters. The third-order valence-corrected chi connectivity index (χ3v) is 9.46. The zero-order chi connectivity index (χ0) is 34.0. The number of piperazine rings is 1. The van der Waals surface area contributed by atoms with Gasteiger partial charge in [0.25, 0.3) is 5.91 Å². The standard InChI is InChI=1S/C30H41BrN8O.C2HF3O2/c1-36-13-11-24(12-14-36)22-38-17-15-37(16-18-38)21-23-7-9-25(10-8-23)30(40)35-39(26-5-3-2-4-6-26)29-27(31)20-33-28(19-32)34-29;3-2(4,5)1(6)7/h7-10,20,24,26H,2-6,11-18,21-22H2,1H3,(H,35,40);(H,6,7). The third kappa shape index (κ3) is 11.1. The Balaban J connectivity index is 0.000000644. The minimum absolute atomic E-state index is 0.0836. The van der Waals surface area contributed by atoms with Gasteiger partial charge in [-0.2, -0.15) is 23.4 Å². The number of amides is 1. The molecule has 2 saturated heterocycles. The lowest BCUT2D eigenvalue weighted by Crippen LogP contribution is -2.50. The number of aromatic nitrogens is 2. The zero-order valence-corrected chi connectivity index (χ0v) is 28.1. The zero-order valence-electron chi connectivity index (χ0n) is 26.6. The van der Waals surface area contributed by atoms with E-state index in [9.17, 15) is 23.2 Å². The van der Waals surface area contributed by atoms with Crippen LogP contribution in [0.1, 0.15) is 66.7 Å². The topological polar surface area (TPSA) is 129 Å². The van der Waals surface area contributed by atoms with Gasteiger partial charge in [-0.3, -0.25) is 20.1 Å². The minimum atomic E-state index is -5.08. The van der Waals surface area contributed by atoms with Crippen LogP contribution < -0.4 is 10.4 Å². The van der Waals surface area contributed by atoms with Crippen LogP contribution in [-0.2, 0) is 11.3 Å². The van der Waals surface area contributed by atoms with E-state index in [1.54, 1.807) is 6.20 Å². The number of nitrogens with zero attached hydrogens (tertiary/aromatic N) is 7. The molecule has 2 aromatic rings. The summed E-state index contributed by atoms with van der Waals surface area (Å²) in [4.78, 5) is 38.3. The van der Waals surface area contributed by atoms with Gasteiger partial charge in [0.15, 0.2) is 5.82 Å². The Hall–Kier alpha value is -3.32. The van der Waals surface area contributed by atoms with Crippen LogP contribution in [0.3, 0.4) is 0 Å². The fraction of sp³-hybridized carbons (Fsp3) is 0.594. The fourth-order valence-electron chi connectivity index (χ4n) is 6.17. The number of hydrogen-bond acceptors (Lipinski definition) is 9. The number of likely N-dealkylation sites (tertiary alicyclic amines) is 1. The molecule has 2 aliphatic heterocycles. The number of carboxylic acid groups (broad SMARTS) is 1. The van der Waals surface area contributed by atoms with Crippen LogP contribution >= 0.6 is 15.9 Å². The summed E-state index contributed by atoms with van der Waals surface area (Å²) in [7, 11) is 2.23. The number of nitrogens with one attached hydrogen (secondary N) is 1. The molecule has 1 aliphatic carbocycles. The molecule has 3 aliphatic rings. The number of benzene rings is 1. The lowest BCUT2D eigenvalue weighted by Gasteiger charge is -2.38. The highest BCUT2D eigenvalue weighted by Crippen LogP contribution is 2.30. The van der Waals surface area contributed by atoms with Crippen LogP contribution in [0.5, 0.6) is 0 Å². The van der Waals surface area contributed by atoms with E-state index in [1.807, 2.05) is 23.2 Å². The molecular formula is C32H42BrF3N8O3. The van der Waals surface area contributed by atoms with E-state index < -0.39 is 12.1 Å². The molecule has 47 heavy (non-hydrogen) atoms. The first kappa shape index (κ1) is 36.5. The number of alkyl halides is 3. The molecule has 256 valence electrons. The summed E-state index contributed by atoms with van der Waals surface area (Å²) in [6.07, 6.45) is 4.47. The maximum atomic E-state index is 13.4. The summed E-state index contributed by atoms with van der Waals surface area (Å²) in [6.45, 7) is 9.06. The van der Waals surface area contributed by atoms with Crippen LogP contribution in [0, 0.1) is 17.2 Å². The smallest absolute Gasteiger partial charge is 0.475 e. The van der Waals surface area contributed by atoms with Gasteiger partial charge >= 0.3 is 12.1 Å². The van der Waals surface area contributed by atoms with E-state index in [2.05, 4.69) is 65.2 Å². The average Bonchev–Trinajstić information content (AvgIpc) is 3.06. The van der Waals surface area contributed by atoms with E-state index in [-0.39, 0.29) is 17.8 Å². The predicted molar refractivity (Wildman–Crippen MR) is 173 cm³/mol. The Morgan fingerprint density at radius 1 is 1.02 bits per heavy atom. The van der Waals surface area contributed by atoms with E-state index in [0.29, 0.717) is 15.9 Å². The number of carbonyl (C=O) groups excluding carboxylic acids is 1. The summed E-state index contributed by atoms with van der Waals surface area (Å²) < 4.78 is 32.4. The molecule has 0 bridgehead atoms. The second-order valence-corrected chi connectivity index (χ2v) is 13.3. The first-order chi connectivity index (χ1) is 22.4. The highest BCUT2D eigenvalue weighted by molar-refractivity contribution is 9.10.